The lowest BCUT2D eigenvalue weighted by atomic mass is 9.99. The van der Waals surface area contributed by atoms with Crippen LogP contribution in [0.15, 0.2) is 18.3 Å². The Labute approximate surface area is 125 Å². The quantitative estimate of drug-likeness (QED) is 0.907. The van der Waals surface area contributed by atoms with Gasteiger partial charge in [0.25, 0.3) is 0 Å². The average molecular weight is 288 g/mol. The molecule has 0 aliphatic heterocycles. The van der Waals surface area contributed by atoms with E-state index in [1.165, 1.54) is 0 Å². The number of pyridine rings is 1. The van der Waals surface area contributed by atoms with Crippen LogP contribution >= 0.6 is 0 Å². The summed E-state index contributed by atoms with van der Waals surface area (Å²) in [5, 5.41) is 10.0. The van der Waals surface area contributed by atoms with Gasteiger partial charge in [-0.25, -0.2) is 4.98 Å². The maximum atomic E-state index is 10.0. The topological polar surface area (TPSA) is 77.0 Å². The third-order valence-corrected chi connectivity index (χ3v) is 3.57. The molecule has 0 aliphatic rings. The van der Waals surface area contributed by atoms with Crippen LogP contribution in [0, 0.1) is 6.92 Å². The maximum Gasteiger partial charge on any atom is 0.129 e. The molecule has 5 nitrogen and oxygen atoms in total. The van der Waals surface area contributed by atoms with Gasteiger partial charge in [0.1, 0.15) is 12.1 Å². The van der Waals surface area contributed by atoms with Gasteiger partial charge in [-0.1, -0.05) is 13.8 Å². The summed E-state index contributed by atoms with van der Waals surface area (Å²) in [5.41, 5.74) is 9.79. The molecule has 0 fully saturated rings. The number of rotatable bonds is 4. The first-order chi connectivity index (χ1) is 9.84. The van der Waals surface area contributed by atoms with E-state index in [0.29, 0.717) is 5.92 Å². The van der Waals surface area contributed by atoms with Gasteiger partial charge in [-0.3, -0.25) is 4.98 Å². The van der Waals surface area contributed by atoms with Crippen molar-refractivity contribution < 1.29 is 5.11 Å². The van der Waals surface area contributed by atoms with E-state index in [9.17, 15) is 5.11 Å². The molecule has 0 amide bonds. The minimum absolute atomic E-state index is 0.226. The highest BCUT2D eigenvalue weighted by molar-refractivity contribution is 5.66. The standard InChI is InChI=1S/C16H24N4O/c1-9(2)14-13(7-6-8-18-14)15-16(10(3)17)20(12(5)21)11(4)19-15/h6-10,12,21H,17H2,1-5H3. The molecular weight excluding hydrogens is 264 g/mol. The van der Waals surface area contributed by atoms with E-state index in [0.717, 1.165) is 28.5 Å². The Bertz CT molecular complexity index is 629. The molecule has 0 bridgehead atoms. The second-order valence-corrected chi connectivity index (χ2v) is 5.77. The molecule has 2 aromatic rings. The predicted molar refractivity (Wildman–Crippen MR) is 83.8 cm³/mol. The van der Waals surface area contributed by atoms with Crippen molar-refractivity contribution in [2.45, 2.75) is 52.8 Å². The fourth-order valence-electron chi connectivity index (χ4n) is 2.74. The molecule has 0 saturated carbocycles. The summed E-state index contributed by atoms with van der Waals surface area (Å²) in [6.45, 7) is 9.72. The zero-order valence-corrected chi connectivity index (χ0v) is 13.3. The number of aliphatic hydroxyl groups is 1. The Morgan fingerprint density at radius 3 is 2.43 bits per heavy atom. The fraction of sp³-hybridized carbons (Fsp3) is 0.500. The number of aromatic nitrogens is 3. The number of aliphatic hydroxyl groups excluding tert-OH is 1. The number of aryl methyl sites for hydroxylation is 1. The van der Waals surface area contributed by atoms with Crippen molar-refractivity contribution in [2.24, 2.45) is 5.73 Å². The van der Waals surface area contributed by atoms with E-state index in [-0.39, 0.29) is 6.04 Å². The van der Waals surface area contributed by atoms with Gasteiger partial charge in [0, 0.05) is 17.8 Å². The summed E-state index contributed by atoms with van der Waals surface area (Å²) >= 11 is 0. The van der Waals surface area contributed by atoms with Crippen molar-refractivity contribution in [1.29, 1.82) is 0 Å². The molecule has 2 atom stereocenters. The van der Waals surface area contributed by atoms with Crippen molar-refractivity contribution in [2.75, 3.05) is 0 Å². The van der Waals surface area contributed by atoms with Crippen LogP contribution in [0.4, 0.5) is 0 Å². The van der Waals surface area contributed by atoms with E-state index < -0.39 is 6.23 Å². The van der Waals surface area contributed by atoms with Crippen LogP contribution < -0.4 is 5.73 Å². The van der Waals surface area contributed by atoms with Crippen molar-refractivity contribution in [3.63, 3.8) is 0 Å². The minimum Gasteiger partial charge on any atom is -0.374 e. The number of nitrogens with two attached hydrogens (primary N) is 1. The first-order valence-corrected chi connectivity index (χ1v) is 7.32. The molecule has 2 heterocycles. The first kappa shape index (κ1) is 15.7. The molecule has 0 radical (unpaired) electrons. The van der Waals surface area contributed by atoms with Crippen LogP contribution in [0.3, 0.4) is 0 Å². The highest BCUT2D eigenvalue weighted by Crippen LogP contribution is 2.33. The van der Waals surface area contributed by atoms with E-state index >= 15 is 0 Å². The molecule has 2 unspecified atom stereocenters. The highest BCUT2D eigenvalue weighted by Gasteiger charge is 2.23. The third kappa shape index (κ3) is 2.84. The number of nitrogens with zero attached hydrogens (tertiary/aromatic N) is 3. The molecule has 0 spiro atoms. The predicted octanol–water partition coefficient (Wildman–Crippen LogP) is 2.91. The molecule has 2 aromatic heterocycles. The van der Waals surface area contributed by atoms with Gasteiger partial charge < -0.3 is 15.4 Å². The molecule has 0 aliphatic carbocycles. The van der Waals surface area contributed by atoms with Crippen LogP contribution in [0.2, 0.25) is 0 Å². The number of imidazole rings is 1. The summed E-state index contributed by atoms with van der Waals surface area (Å²) in [6.07, 6.45) is 1.13. The molecular formula is C16H24N4O. The minimum atomic E-state index is -0.661. The Hall–Kier alpha value is -1.72. The Balaban J connectivity index is 2.73. The van der Waals surface area contributed by atoms with Gasteiger partial charge in [-0.15, -0.1) is 0 Å². The van der Waals surface area contributed by atoms with E-state index in [1.807, 2.05) is 26.0 Å². The van der Waals surface area contributed by atoms with Crippen molar-refractivity contribution >= 4 is 0 Å². The zero-order valence-electron chi connectivity index (χ0n) is 13.3. The van der Waals surface area contributed by atoms with Gasteiger partial charge in [0.2, 0.25) is 0 Å². The third-order valence-electron chi connectivity index (χ3n) is 3.57. The molecule has 2 rings (SSSR count). The summed E-state index contributed by atoms with van der Waals surface area (Å²) in [5.74, 6) is 1.05. The molecule has 21 heavy (non-hydrogen) atoms. The highest BCUT2D eigenvalue weighted by atomic mass is 16.3. The maximum absolute atomic E-state index is 10.0. The number of hydrogen-bond acceptors (Lipinski definition) is 4. The van der Waals surface area contributed by atoms with Gasteiger partial charge in [0.15, 0.2) is 0 Å². The lowest BCUT2D eigenvalue weighted by Gasteiger charge is -2.17. The van der Waals surface area contributed by atoms with E-state index in [2.05, 4.69) is 23.8 Å². The van der Waals surface area contributed by atoms with Crippen LogP contribution in [0.1, 0.15) is 63.1 Å². The van der Waals surface area contributed by atoms with Gasteiger partial charge in [-0.2, -0.15) is 0 Å². The molecule has 5 heteroatoms. The van der Waals surface area contributed by atoms with Crippen molar-refractivity contribution in [1.82, 2.24) is 14.5 Å². The van der Waals surface area contributed by atoms with E-state index in [1.54, 1.807) is 17.7 Å². The Morgan fingerprint density at radius 2 is 1.90 bits per heavy atom. The average Bonchev–Trinajstić information content (AvgIpc) is 2.76. The van der Waals surface area contributed by atoms with E-state index in [4.69, 9.17) is 5.73 Å². The largest absolute Gasteiger partial charge is 0.374 e. The molecule has 0 aromatic carbocycles. The summed E-state index contributed by atoms with van der Waals surface area (Å²) < 4.78 is 1.79. The lowest BCUT2D eigenvalue weighted by Crippen LogP contribution is -2.17. The van der Waals surface area contributed by atoms with Gasteiger partial charge in [-0.05, 0) is 38.8 Å². The summed E-state index contributed by atoms with van der Waals surface area (Å²) in [6, 6.07) is 3.70. The summed E-state index contributed by atoms with van der Waals surface area (Å²) in [4.78, 5) is 9.14. The van der Waals surface area contributed by atoms with Crippen molar-refractivity contribution in [3.8, 4) is 11.3 Å². The second-order valence-electron chi connectivity index (χ2n) is 5.77. The van der Waals surface area contributed by atoms with Gasteiger partial charge >= 0.3 is 0 Å². The normalized spacial score (nSPS) is 14.5. The van der Waals surface area contributed by atoms with Crippen LogP contribution in [-0.4, -0.2) is 19.6 Å². The van der Waals surface area contributed by atoms with Gasteiger partial charge in [0.05, 0.1) is 17.1 Å². The van der Waals surface area contributed by atoms with Crippen molar-refractivity contribution in [3.05, 3.63) is 35.5 Å². The fourth-order valence-corrected chi connectivity index (χ4v) is 2.74. The van der Waals surface area contributed by atoms with Crippen LogP contribution in [-0.2, 0) is 0 Å². The second kappa shape index (κ2) is 5.95. The smallest absolute Gasteiger partial charge is 0.129 e. The lowest BCUT2D eigenvalue weighted by molar-refractivity contribution is 0.118. The first-order valence-electron chi connectivity index (χ1n) is 7.32. The number of hydrogen-bond donors (Lipinski definition) is 2. The Morgan fingerprint density at radius 1 is 1.24 bits per heavy atom. The van der Waals surface area contributed by atoms with Crippen LogP contribution in [0.25, 0.3) is 11.3 Å². The Kier molecular flexibility index (Phi) is 4.44. The summed E-state index contributed by atoms with van der Waals surface area (Å²) in [7, 11) is 0. The molecule has 0 saturated heterocycles. The monoisotopic (exact) mass is 288 g/mol. The molecule has 3 N–H and O–H groups in total. The molecule has 114 valence electrons. The van der Waals surface area contributed by atoms with Crippen LogP contribution in [0.5, 0.6) is 0 Å². The zero-order chi connectivity index (χ0) is 15.7. The SMILES string of the molecule is Cc1nc(-c2cccnc2C(C)C)c(C(C)N)n1C(C)O.